The van der Waals surface area contributed by atoms with E-state index in [4.69, 9.17) is 16.3 Å². The summed E-state index contributed by atoms with van der Waals surface area (Å²) in [4.78, 5) is 26.1. The van der Waals surface area contributed by atoms with Gasteiger partial charge in [0.2, 0.25) is 5.91 Å². The minimum absolute atomic E-state index is 0.0313. The number of nitrogens with one attached hydrogen (secondary N) is 2. The first kappa shape index (κ1) is 18.1. The van der Waals surface area contributed by atoms with E-state index >= 15 is 0 Å². The summed E-state index contributed by atoms with van der Waals surface area (Å²) in [7, 11) is 1.53. The summed E-state index contributed by atoms with van der Waals surface area (Å²) >= 11 is 6.37. The number of anilines is 2. The molecule has 7 heteroatoms. The van der Waals surface area contributed by atoms with Crippen molar-refractivity contribution < 1.29 is 14.3 Å². The number of nitrogens with zero attached hydrogens (tertiary/aromatic N) is 1. The number of carbonyl (C=O) groups excluding carboxylic acids is 2. The lowest BCUT2D eigenvalue weighted by Crippen LogP contribution is -2.47. The third-order valence-corrected chi connectivity index (χ3v) is 4.49. The van der Waals surface area contributed by atoms with E-state index in [0.717, 1.165) is 11.3 Å². The minimum Gasteiger partial charge on any atom is -0.496 e. The maximum Gasteiger partial charge on any atom is 0.259 e. The van der Waals surface area contributed by atoms with Crippen molar-refractivity contribution in [1.29, 1.82) is 0 Å². The number of piperazine rings is 1. The second-order valence-corrected chi connectivity index (χ2v) is 6.50. The smallest absolute Gasteiger partial charge is 0.259 e. The summed E-state index contributed by atoms with van der Waals surface area (Å²) in [6.45, 7) is 3.46. The normalized spacial score (nSPS) is 14.0. The molecule has 0 aromatic heterocycles. The van der Waals surface area contributed by atoms with Gasteiger partial charge in [0.25, 0.3) is 5.91 Å². The highest BCUT2D eigenvalue weighted by Gasteiger charge is 2.19. The fourth-order valence-electron chi connectivity index (χ4n) is 2.88. The number of benzene rings is 2. The van der Waals surface area contributed by atoms with Crippen LogP contribution in [0.2, 0.25) is 5.02 Å². The van der Waals surface area contributed by atoms with Crippen LogP contribution in [0.5, 0.6) is 5.75 Å². The van der Waals surface area contributed by atoms with Gasteiger partial charge in [0.15, 0.2) is 0 Å². The molecular weight excluding hydrogens is 354 g/mol. The Hall–Kier alpha value is -2.73. The average Bonchev–Trinajstić information content (AvgIpc) is 2.61. The molecule has 6 nitrogen and oxygen atoms in total. The van der Waals surface area contributed by atoms with Gasteiger partial charge in [0.1, 0.15) is 5.75 Å². The largest absolute Gasteiger partial charge is 0.496 e. The molecule has 0 unspecified atom stereocenters. The maximum absolute atomic E-state index is 12.6. The van der Waals surface area contributed by atoms with Crippen LogP contribution in [0.25, 0.3) is 0 Å². The van der Waals surface area contributed by atoms with E-state index < -0.39 is 0 Å². The van der Waals surface area contributed by atoms with Gasteiger partial charge >= 0.3 is 0 Å². The maximum atomic E-state index is 12.6. The Balaban J connectivity index is 1.78. The SMILES string of the molecule is COc1ccc(C)cc1C(=O)Nc1ccc(N2CCNC(=O)C2)c(Cl)c1. The van der Waals surface area contributed by atoms with Crippen LogP contribution in [-0.2, 0) is 4.79 Å². The van der Waals surface area contributed by atoms with Crippen molar-refractivity contribution in [3.05, 3.63) is 52.5 Å². The molecule has 0 atom stereocenters. The molecule has 1 fully saturated rings. The summed E-state index contributed by atoms with van der Waals surface area (Å²) in [6.07, 6.45) is 0. The van der Waals surface area contributed by atoms with Gasteiger partial charge in [-0.3, -0.25) is 9.59 Å². The summed E-state index contributed by atoms with van der Waals surface area (Å²) in [5.74, 6) is 0.207. The number of hydrogen-bond donors (Lipinski definition) is 2. The van der Waals surface area contributed by atoms with E-state index in [1.807, 2.05) is 24.0 Å². The zero-order valence-electron chi connectivity index (χ0n) is 14.6. The third kappa shape index (κ3) is 3.91. The van der Waals surface area contributed by atoms with E-state index in [1.165, 1.54) is 7.11 Å². The number of amides is 2. The van der Waals surface area contributed by atoms with E-state index in [1.54, 1.807) is 24.3 Å². The van der Waals surface area contributed by atoms with Crippen molar-refractivity contribution in [3.8, 4) is 5.75 Å². The molecule has 0 saturated carbocycles. The highest BCUT2D eigenvalue weighted by atomic mass is 35.5. The number of methoxy groups -OCH3 is 1. The summed E-state index contributed by atoms with van der Waals surface area (Å²) < 4.78 is 5.26. The number of ether oxygens (including phenoxy) is 1. The number of hydrogen-bond acceptors (Lipinski definition) is 4. The molecule has 1 aliphatic heterocycles. The molecule has 1 saturated heterocycles. The van der Waals surface area contributed by atoms with Crippen LogP contribution >= 0.6 is 11.6 Å². The molecule has 0 aliphatic carbocycles. The molecule has 26 heavy (non-hydrogen) atoms. The van der Waals surface area contributed by atoms with Crippen LogP contribution in [0, 0.1) is 6.92 Å². The Morgan fingerprint density at radius 2 is 2.08 bits per heavy atom. The van der Waals surface area contributed by atoms with Gasteiger partial charge < -0.3 is 20.3 Å². The predicted molar refractivity (Wildman–Crippen MR) is 102 cm³/mol. The first-order valence-electron chi connectivity index (χ1n) is 8.25. The quantitative estimate of drug-likeness (QED) is 0.864. The van der Waals surface area contributed by atoms with Crippen molar-refractivity contribution in [2.24, 2.45) is 0 Å². The van der Waals surface area contributed by atoms with Gasteiger partial charge in [-0.25, -0.2) is 0 Å². The Kier molecular flexibility index (Phi) is 5.32. The fourth-order valence-corrected chi connectivity index (χ4v) is 3.18. The lowest BCUT2D eigenvalue weighted by Gasteiger charge is -2.29. The van der Waals surface area contributed by atoms with Gasteiger partial charge in [-0.2, -0.15) is 0 Å². The molecule has 3 rings (SSSR count). The first-order chi connectivity index (χ1) is 12.5. The van der Waals surface area contributed by atoms with Crippen LogP contribution in [0.4, 0.5) is 11.4 Å². The van der Waals surface area contributed by atoms with Crippen molar-refractivity contribution >= 4 is 34.8 Å². The second kappa shape index (κ2) is 7.66. The number of aryl methyl sites for hydroxylation is 1. The van der Waals surface area contributed by atoms with Crippen molar-refractivity contribution in [1.82, 2.24) is 5.32 Å². The van der Waals surface area contributed by atoms with Gasteiger partial charge in [-0.15, -0.1) is 0 Å². The molecule has 2 amide bonds. The molecule has 1 aliphatic rings. The van der Waals surface area contributed by atoms with Crippen LogP contribution < -0.4 is 20.3 Å². The lowest BCUT2D eigenvalue weighted by atomic mass is 10.1. The molecular formula is C19H20ClN3O3. The van der Waals surface area contributed by atoms with Crippen LogP contribution in [0.15, 0.2) is 36.4 Å². The van der Waals surface area contributed by atoms with Gasteiger partial charge in [0.05, 0.1) is 29.9 Å². The van der Waals surface area contributed by atoms with Crippen LogP contribution in [-0.4, -0.2) is 38.6 Å². The molecule has 1 heterocycles. The van der Waals surface area contributed by atoms with Gasteiger partial charge in [-0.1, -0.05) is 23.2 Å². The average molecular weight is 374 g/mol. The van der Waals surface area contributed by atoms with Crippen molar-refractivity contribution in [2.75, 3.05) is 37.0 Å². The lowest BCUT2D eigenvalue weighted by molar-refractivity contribution is -0.120. The Labute approximate surface area is 157 Å². The Morgan fingerprint density at radius 3 is 2.77 bits per heavy atom. The standard InChI is InChI=1S/C19H20ClN3O3/c1-12-3-6-17(26-2)14(9-12)19(25)22-13-4-5-16(15(20)10-13)23-8-7-21-18(24)11-23/h3-6,9-10H,7-8,11H2,1-2H3,(H,21,24)(H,22,25). The molecule has 2 aromatic carbocycles. The molecule has 2 aromatic rings. The van der Waals surface area contributed by atoms with E-state index in [0.29, 0.717) is 35.1 Å². The molecule has 0 radical (unpaired) electrons. The summed E-state index contributed by atoms with van der Waals surface area (Å²) in [5.41, 5.74) is 2.77. The van der Waals surface area contributed by atoms with Crippen LogP contribution in [0.1, 0.15) is 15.9 Å². The molecule has 2 N–H and O–H groups in total. The third-order valence-electron chi connectivity index (χ3n) is 4.18. The number of halogens is 1. The van der Waals surface area contributed by atoms with Gasteiger partial charge in [-0.05, 0) is 37.3 Å². The Morgan fingerprint density at radius 1 is 1.27 bits per heavy atom. The number of rotatable bonds is 4. The fraction of sp³-hybridized carbons (Fsp3) is 0.263. The van der Waals surface area contributed by atoms with E-state index in [9.17, 15) is 9.59 Å². The second-order valence-electron chi connectivity index (χ2n) is 6.10. The zero-order chi connectivity index (χ0) is 18.7. The molecule has 136 valence electrons. The highest BCUT2D eigenvalue weighted by Crippen LogP contribution is 2.30. The monoisotopic (exact) mass is 373 g/mol. The highest BCUT2D eigenvalue weighted by molar-refractivity contribution is 6.33. The van der Waals surface area contributed by atoms with Crippen molar-refractivity contribution in [2.45, 2.75) is 6.92 Å². The topological polar surface area (TPSA) is 70.7 Å². The van der Waals surface area contributed by atoms with Gasteiger partial charge in [0, 0.05) is 18.8 Å². The minimum atomic E-state index is -0.272. The van der Waals surface area contributed by atoms with E-state index in [2.05, 4.69) is 10.6 Å². The Bertz CT molecular complexity index is 854. The zero-order valence-corrected chi connectivity index (χ0v) is 15.4. The first-order valence-corrected chi connectivity index (χ1v) is 8.63. The molecule has 0 spiro atoms. The van der Waals surface area contributed by atoms with E-state index in [-0.39, 0.29) is 18.4 Å². The molecule has 0 bridgehead atoms. The summed E-state index contributed by atoms with van der Waals surface area (Å²) in [5, 5.41) is 6.10. The van der Waals surface area contributed by atoms with Crippen molar-refractivity contribution in [3.63, 3.8) is 0 Å². The van der Waals surface area contributed by atoms with Crippen LogP contribution in [0.3, 0.4) is 0 Å². The predicted octanol–water partition coefficient (Wildman–Crippen LogP) is 2.85. The summed E-state index contributed by atoms with van der Waals surface area (Å²) in [6, 6.07) is 10.7. The number of carbonyl (C=O) groups is 2.